The fourth-order valence-electron chi connectivity index (χ4n) is 2.24. The molecule has 3 aromatic carbocycles. The summed E-state index contributed by atoms with van der Waals surface area (Å²) in [6, 6.07) is 17.3. The van der Waals surface area contributed by atoms with Gasteiger partial charge in [0.1, 0.15) is 11.6 Å². The number of benzene rings is 3. The fraction of sp³-hybridized carbons (Fsp3) is 0.0556. The number of carbonyl (C=O) groups excluding carboxylic acids is 1. The Bertz CT molecular complexity index is 861. The normalized spacial score (nSPS) is 10.5. The van der Waals surface area contributed by atoms with Gasteiger partial charge in [0, 0.05) is 10.4 Å². The van der Waals surface area contributed by atoms with Gasteiger partial charge in [-0.05, 0) is 29.7 Å². The molecule has 0 atom stereocenters. The third-order valence-electron chi connectivity index (χ3n) is 3.31. The maximum Gasteiger partial charge on any atom is 0.262 e. The summed E-state index contributed by atoms with van der Waals surface area (Å²) in [7, 11) is 0. The van der Waals surface area contributed by atoms with E-state index in [1.54, 1.807) is 6.07 Å². The average molecular weight is 330 g/mol. The van der Waals surface area contributed by atoms with Gasteiger partial charge >= 0.3 is 0 Å². The smallest absolute Gasteiger partial charge is 0.262 e. The van der Waals surface area contributed by atoms with E-state index in [1.165, 1.54) is 18.2 Å². The van der Waals surface area contributed by atoms with Crippen LogP contribution in [-0.2, 0) is 4.79 Å². The molecule has 0 saturated heterocycles. The van der Waals surface area contributed by atoms with Crippen molar-refractivity contribution in [2.45, 2.75) is 0 Å². The topological polar surface area (TPSA) is 38.3 Å². The predicted molar refractivity (Wildman–Crippen MR) is 89.5 cm³/mol. The Balaban J connectivity index is 1.70. The molecule has 0 fully saturated rings. The van der Waals surface area contributed by atoms with Gasteiger partial charge in [-0.3, -0.25) is 4.79 Å². The first kappa shape index (κ1) is 15.3. The molecule has 0 radical (unpaired) electrons. The van der Waals surface area contributed by atoms with Gasteiger partial charge < -0.3 is 10.1 Å². The van der Waals surface area contributed by atoms with Gasteiger partial charge in [0.05, 0.1) is 5.69 Å². The number of hydrogen-bond donors (Lipinski definition) is 1. The van der Waals surface area contributed by atoms with Crippen LogP contribution in [0.2, 0.25) is 5.02 Å². The Kier molecular flexibility index (Phi) is 4.44. The molecule has 3 rings (SSSR count). The molecule has 116 valence electrons. The zero-order valence-corrected chi connectivity index (χ0v) is 12.8. The molecule has 0 aliphatic carbocycles. The Morgan fingerprint density at radius 1 is 1.09 bits per heavy atom. The number of anilines is 1. The summed E-state index contributed by atoms with van der Waals surface area (Å²) >= 11 is 5.79. The standard InChI is InChI=1S/C18H13ClFNO2/c19-13-8-9-15(20)16(10-13)21-18(22)11-23-17-7-3-5-12-4-1-2-6-14(12)17/h1-10H,11H2,(H,21,22). The van der Waals surface area contributed by atoms with Crippen LogP contribution in [0.5, 0.6) is 5.75 Å². The summed E-state index contributed by atoms with van der Waals surface area (Å²) in [5.41, 5.74) is 0.0315. The quantitative estimate of drug-likeness (QED) is 0.756. The number of rotatable bonds is 4. The zero-order chi connectivity index (χ0) is 16.2. The molecule has 1 N–H and O–H groups in total. The third-order valence-corrected chi connectivity index (χ3v) is 3.55. The van der Waals surface area contributed by atoms with E-state index in [4.69, 9.17) is 16.3 Å². The lowest BCUT2D eigenvalue weighted by molar-refractivity contribution is -0.118. The van der Waals surface area contributed by atoms with Crippen LogP contribution in [0.1, 0.15) is 0 Å². The number of hydrogen-bond acceptors (Lipinski definition) is 2. The summed E-state index contributed by atoms with van der Waals surface area (Å²) < 4.78 is 19.1. The molecule has 5 heteroatoms. The van der Waals surface area contributed by atoms with E-state index >= 15 is 0 Å². The number of amides is 1. The number of ether oxygens (including phenoxy) is 1. The van der Waals surface area contributed by atoms with Crippen molar-refractivity contribution in [1.29, 1.82) is 0 Å². The number of fused-ring (bicyclic) bond motifs is 1. The minimum atomic E-state index is -0.548. The van der Waals surface area contributed by atoms with Gasteiger partial charge in [0.25, 0.3) is 5.91 Å². The number of halogens is 2. The lowest BCUT2D eigenvalue weighted by Crippen LogP contribution is -2.20. The van der Waals surface area contributed by atoms with E-state index in [0.29, 0.717) is 10.8 Å². The van der Waals surface area contributed by atoms with Crippen molar-refractivity contribution < 1.29 is 13.9 Å². The lowest BCUT2D eigenvalue weighted by atomic mass is 10.1. The molecular formula is C18H13ClFNO2. The van der Waals surface area contributed by atoms with Crippen LogP contribution in [0.3, 0.4) is 0 Å². The van der Waals surface area contributed by atoms with Gasteiger partial charge in [-0.2, -0.15) is 0 Å². The maximum atomic E-state index is 13.6. The zero-order valence-electron chi connectivity index (χ0n) is 12.1. The highest BCUT2D eigenvalue weighted by atomic mass is 35.5. The first-order chi connectivity index (χ1) is 11.1. The second-order valence-corrected chi connectivity index (χ2v) is 5.37. The Labute approximate surface area is 137 Å². The molecule has 0 unspecified atom stereocenters. The summed E-state index contributed by atoms with van der Waals surface area (Å²) in [5, 5.41) is 4.72. The largest absolute Gasteiger partial charge is 0.483 e. The molecule has 0 saturated carbocycles. The van der Waals surface area contributed by atoms with Crippen LogP contribution in [0.4, 0.5) is 10.1 Å². The SMILES string of the molecule is O=C(COc1cccc2ccccc12)Nc1cc(Cl)ccc1F. The summed E-state index contributed by atoms with van der Waals surface area (Å²) in [6.45, 7) is -0.222. The van der Waals surface area contributed by atoms with Crippen molar-refractivity contribution in [3.63, 3.8) is 0 Å². The minimum absolute atomic E-state index is 0.0315. The molecule has 0 bridgehead atoms. The molecule has 0 aromatic heterocycles. The van der Waals surface area contributed by atoms with Crippen molar-refractivity contribution in [1.82, 2.24) is 0 Å². The first-order valence-electron chi connectivity index (χ1n) is 6.99. The van der Waals surface area contributed by atoms with Crippen molar-refractivity contribution >= 4 is 34.0 Å². The van der Waals surface area contributed by atoms with E-state index in [1.807, 2.05) is 36.4 Å². The molecular weight excluding hydrogens is 317 g/mol. The van der Waals surface area contributed by atoms with E-state index in [9.17, 15) is 9.18 Å². The monoisotopic (exact) mass is 329 g/mol. The fourth-order valence-corrected chi connectivity index (χ4v) is 2.42. The summed E-state index contributed by atoms with van der Waals surface area (Å²) in [5.74, 6) is -0.406. The van der Waals surface area contributed by atoms with Crippen molar-refractivity contribution in [2.75, 3.05) is 11.9 Å². The maximum absolute atomic E-state index is 13.6. The Hall–Kier alpha value is -2.59. The second-order valence-electron chi connectivity index (χ2n) is 4.94. The molecule has 0 spiro atoms. The van der Waals surface area contributed by atoms with Gasteiger partial charge in [0.15, 0.2) is 6.61 Å². The van der Waals surface area contributed by atoms with E-state index in [-0.39, 0.29) is 12.3 Å². The highest BCUT2D eigenvalue weighted by Crippen LogP contribution is 2.25. The molecule has 0 aliphatic rings. The van der Waals surface area contributed by atoms with Crippen LogP contribution in [-0.4, -0.2) is 12.5 Å². The van der Waals surface area contributed by atoms with Gasteiger partial charge in [0.2, 0.25) is 0 Å². The molecule has 1 amide bonds. The highest BCUT2D eigenvalue weighted by Gasteiger charge is 2.09. The third kappa shape index (κ3) is 3.60. The van der Waals surface area contributed by atoms with Crippen LogP contribution in [0, 0.1) is 5.82 Å². The average Bonchev–Trinajstić information content (AvgIpc) is 2.56. The lowest BCUT2D eigenvalue weighted by Gasteiger charge is -2.10. The number of carbonyl (C=O) groups is 1. The minimum Gasteiger partial charge on any atom is -0.483 e. The van der Waals surface area contributed by atoms with Gasteiger partial charge in [-0.25, -0.2) is 4.39 Å². The molecule has 3 nitrogen and oxygen atoms in total. The Morgan fingerprint density at radius 3 is 2.74 bits per heavy atom. The van der Waals surface area contributed by atoms with Crippen LogP contribution in [0.25, 0.3) is 10.8 Å². The Morgan fingerprint density at radius 2 is 1.87 bits per heavy atom. The second kappa shape index (κ2) is 6.67. The first-order valence-corrected chi connectivity index (χ1v) is 7.37. The molecule has 3 aromatic rings. The van der Waals surface area contributed by atoms with Crippen LogP contribution < -0.4 is 10.1 Å². The molecule has 0 heterocycles. The summed E-state index contributed by atoms with van der Waals surface area (Å²) in [4.78, 5) is 11.9. The predicted octanol–water partition coefficient (Wildman–Crippen LogP) is 4.65. The van der Waals surface area contributed by atoms with Crippen molar-refractivity contribution in [3.05, 3.63) is 71.5 Å². The highest BCUT2D eigenvalue weighted by molar-refractivity contribution is 6.30. The van der Waals surface area contributed by atoms with Crippen molar-refractivity contribution in [2.24, 2.45) is 0 Å². The van der Waals surface area contributed by atoms with E-state index in [0.717, 1.165) is 10.8 Å². The number of nitrogens with one attached hydrogen (secondary N) is 1. The summed E-state index contributed by atoms with van der Waals surface area (Å²) in [6.07, 6.45) is 0. The van der Waals surface area contributed by atoms with Crippen LogP contribution >= 0.6 is 11.6 Å². The van der Waals surface area contributed by atoms with Crippen LogP contribution in [0.15, 0.2) is 60.7 Å². The van der Waals surface area contributed by atoms with Gasteiger partial charge in [-0.15, -0.1) is 0 Å². The molecule has 23 heavy (non-hydrogen) atoms. The van der Waals surface area contributed by atoms with Gasteiger partial charge in [-0.1, -0.05) is 48.0 Å². The molecule has 0 aliphatic heterocycles. The van der Waals surface area contributed by atoms with E-state index < -0.39 is 11.7 Å². The van der Waals surface area contributed by atoms with Crippen molar-refractivity contribution in [3.8, 4) is 5.75 Å². The van der Waals surface area contributed by atoms with E-state index in [2.05, 4.69) is 5.32 Å².